The number of likely N-dealkylation sites (N-methyl/N-ethyl adjacent to an activating group) is 1. The summed E-state index contributed by atoms with van der Waals surface area (Å²) in [5.74, 6) is 0.882. The van der Waals surface area contributed by atoms with Gasteiger partial charge >= 0.3 is 0 Å². The molecule has 0 aromatic rings. The molecule has 0 N–H and O–H groups in total. The van der Waals surface area contributed by atoms with Crippen molar-refractivity contribution in [1.82, 2.24) is 24.5 Å². The zero-order valence-corrected chi connectivity index (χ0v) is 18.2. The van der Waals surface area contributed by atoms with E-state index in [1.165, 1.54) is 32.4 Å². The normalized spacial score (nSPS) is 22.0. The molecular weight excluding hydrogens is 362 g/mol. The van der Waals surface area contributed by atoms with Gasteiger partial charge in [0.25, 0.3) is 0 Å². The summed E-state index contributed by atoms with van der Waals surface area (Å²) >= 11 is 0. The summed E-state index contributed by atoms with van der Waals surface area (Å²) in [6.07, 6.45) is 6.19. The molecule has 3 heterocycles. The number of hydrogen-bond acceptors (Lipinski definition) is 7. The van der Waals surface area contributed by atoms with E-state index in [2.05, 4.69) is 43.7 Å². The van der Waals surface area contributed by atoms with E-state index in [0.29, 0.717) is 0 Å². The maximum Gasteiger partial charge on any atom is 0.169 e. The molecule has 7 heteroatoms. The molecule has 29 heavy (non-hydrogen) atoms. The van der Waals surface area contributed by atoms with Crippen molar-refractivity contribution >= 4 is 0 Å². The third kappa shape index (κ3) is 6.34. The Labute approximate surface area is 176 Å². The fourth-order valence-electron chi connectivity index (χ4n) is 4.75. The van der Waals surface area contributed by atoms with Crippen LogP contribution in [0.4, 0.5) is 0 Å². The molecule has 7 nitrogen and oxygen atoms in total. The first kappa shape index (κ1) is 21.9. The van der Waals surface area contributed by atoms with Gasteiger partial charge in [0.1, 0.15) is 18.0 Å². The van der Waals surface area contributed by atoms with Crippen LogP contribution in [0.2, 0.25) is 0 Å². The number of piperidine rings is 1. The number of allylic oxidation sites excluding steroid dienone is 1. The van der Waals surface area contributed by atoms with E-state index in [1.54, 1.807) is 0 Å². The standard InChI is InChI=1S/C22H37N7/c1-25-13-15-27(16-14-25)10-6-12-29-18-17-28(22(29)21(19-23)20-24)11-5-9-26-7-3-2-4-8-26/h2-18H2,1H3. The molecule has 160 valence electrons. The van der Waals surface area contributed by atoms with E-state index in [-0.39, 0.29) is 5.57 Å². The largest absolute Gasteiger partial charge is 0.355 e. The third-order valence-electron chi connectivity index (χ3n) is 6.54. The molecule has 3 fully saturated rings. The molecule has 0 unspecified atom stereocenters. The quantitative estimate of drug-likeness (QED) is 0.571. The highest BCUT2D eigenvalue weighted by Crippen LogP contribution is 2.23. The van der Waals surface area contributed by atoms with Gasteiger partial charge in [0, 0.05) is 52.4 Å². The van der Waals surface area contributed by atoms with Crippen LogP contribution in [0.3, 0.4) is 0 Å². The second kappa shape index (κ2) is 11.4. The minimum absolute atomic E-state index is 0.278. The topological polar surface area (TPSA) is 63.8 Å². The number of hydrogen-bond donors (Lipinski definition) is 0. The predicted molar refractivity (Wildman–Crippen MR) is 115 cm³/mol. The van der Waals surface area contributed by atoms with Crippen molar-refractivity contribution in [3.05, 3.63) is 11.4 Å². The second-order valence-corrected chi connectivity index (χ2v) is 8.65. The number of piperazine rings is 1. The van der Waals surface area contributed by atoms with E-state index >= 15 is 0 Å². The minimum Gasteiger partial charge on any atom is -0.355 e. The second-order valence-electron chi connectivity index (χ2n) is 8.65. The molecule has 3 aliphatic rings. The average Bonchev–Trinajstić information content (AvgIpc) is 3.14. The van der Waals surface area contributed by atoms with E-state index in [1.807, 2.05) is 0 Å². The highest BCUT2D eigenvalue weighted by atomic mass is 15.4. The van der Waals surface area contributed by atoms with Crippen LogP contribution in [0.5, 0.6) is 0 Å². The first-order valence-electron chi connectivity index (χ1n) is 11.4. The fourth-order valence-corrected chi connectivity index (χ4v) is 4.75. The van der Waals surface area contributed by atoms with Crippen molar-refractivity contribution in [3.8, 4) is 12.1 Å². The van der Waals surface area contributed by atoms with Crippen LogP contribution in [0.25, 0.3) is 0 Å². The lowest BCUT2D eigenvalue weighted by Gasteiger charge is -2.33. The summed E-state index contributed by atoms with van der Waals surface area (Å²) < 4.78 is 0. The molecule has 0 bridgehead atoms. The van der Waals surface area contributed by atoms with Crippen LogP contribution < -0.4 is 0 Å². The highest BCUT2D eigenvalue weighted by molar-refractivity contribution is 5.40. The van der Waals surface area contributed by atoms with Crippen LogP contribution >= 0.6 is 0 Å². The Morgan fingerprint density at radius 3 is 1.72 bits per heavy atom. The van der Waals surface area contributed by atoms with E-state index in [4.69, 9.17) is 0 Å². The van der Waals surface area contributed by atoms with Crippen molar-refractivity contribution in [1.29, 1.82) is 10.5 Å². The maximum absolute atomic E-state index is 9.50. The lowest BCUT2D eigenvalue weighted by Crippen LogP contribution is -2.45. The van der Waals surface area contributed by atoms with Crippen LogP contribution in [0.1, 0.15) is 32.1 Å². The number of nitriles is 2. The molecule has 0 aliphatic carbocycles. The minimum atomic E-state index is 0.278. The van der Waals surface area contributed by atoms with Gasteiger partial charge < -0.3 is 24.5 Å². The molecule has 3 rings (SSSR count). The average molecular weight is 400 g/mol. The Bertz CT molecular complexity index is 602. The van der Waals surface area contributed by atoms with Gasteiger partial charge in [-0.2, -0.15) is 10.5 Å². The molecule has 3 aliphatic heterocycles. The zero-order valence-electron chi connectivity index (χ0n) is 18.2. The van der Waals surface area contributed by atoms with Crippen molar-refractivity contribution < 1.29 is 0 Å². The lowest BCUT2D eigenvalue weighted by atomic mass is 10.1. The first-order chi connectivity index (χ1) is 14.2. The Morgan fingerprint density at radius 1 is 0.690 bits per heavy atom. The molecule has 0 radical (unpaired) electrons. The third-order valence-corrected chi connectivity index (χ3v) is 6.54. The zero-order chi connectivity index (χ0) is 20.5. The SMILES string of the molecule is CN1CCN(CCCN2CCN(CCCN3CCCCC3)C2=C(C#N)C#N)CC1. The van der Waals surface area contributed by atoms with Gasteiger partial charge in [0.15, 0.2) is 5.57 Å². The summed E-state index contributed by atoms with van der Waals surface area (Å²) in [6.45, 7) is 13.0. The maximum atomic E-state index is 9.50. The van der Waals surface area contributed by atoms with Gasteiger partial charge in [-0.15, -0.1) is 0 Å². The van der Waals surface area contributed by atoms with Crippen molar-refractivity contribution in [2.45, 2.75) is 32.1 Å². The summed E-state index contributed by atoms with van der Waals surface area (Å²) in [5, 5.41) is 19.0. The molecular formula is C22H37N7. The van der Waals surface area contributed by atoms with Gasteiger partial charge in [0.2, 0.25) is 0 Å². The predicted octanol–water partition coefficient (Wildman–Crippen LogP) is 1.38. The number of nitrogens with zero attached hydrogens (tertiary/aromatic N) is 7. The Hall–Kier alpha value is -1.80. The molecule has 0 spiro atoms. The molecule has 3 saturated heterocycles. The molecule has 0 atom stereocenters. The van der Waals surface area contributed by atoms with Crippen molar-refractivity contribution in [2.24, 2.45) is 0 Å². The van der Waals surface area contributed by atoms with Gasteiger partial charge in [-0.05, 0) is 58.9 Å². The van der Waals surface area contributed by atoms with Gasteiger partial charge in [-0.3, -0.25) is 0 Å². The number of likely N-dealkylation sites (tertiary alicyclic amines) is 1. The Morgan fingerprint density at radius 2 is 1.21 bits per heavy atom. The highest BCUT2D eigenvalue weighted by Gasteiger charge is 2.28. The monoisotopic (exact) mass is 399 g/mol. The Balaban J connectivity index is 1.49. The van der Waals surface area contributed by atoms with E-state index < -0.39 is 0 Å². The molecule has 0 aromatic heterocycles. The van der Waals surface area contributed by atoms with Crippen molar-refractivity contribution in [3.63, 3.8) is 0 Å². The van der Waals surface area contributed by atoms with Gasteiger partial charge in [0.05, 0.1) is 0 Å². The van der Waals surface area contributed by atoms with Gasteiger partial charge in [-0.1, -0.05) is 6.42 Å². The Kier molecular flexibility index (Phi) is 8.61. The molecule has 0 amide bonds. The summed E-state index contributed by atoms with van der Waals surface area (Å²) in [7, 11) is 2.18. The summed E-state index contributed by atoms with van der Waals surface area (Å²) in [4.78, 5) is 12.0. The van der Waals surface area contributed by atoms with Crippen LogP contribution in [0.15, 0.2) is 11.4 Å². The smallest absolute Gasteiger partial charge is 0.169 e. The van der Waals surface area contributed by atoms with Crippen LogP contribution in [-0.4, -0.2) is 110 Å². The van der Waals surface area contributed by atoms with E-state index in [9.17, 15) is 10.5 Å². The number of rotatable bonds is 8. The summed E-state index contributed by atoms with van der Waals surface area (Å²) in [5.41, 5.74) is 0.278. The molecule has 0 aromatic carbocycles. The lowest BCUT2D eigenvalue weighted by molar-refractivity contribution is 0.149. The fraction of sp³-hybridized carbons (Fsp3) is 0.818. The summed E-state index contributed by atoms with van der Waals surface area (Å²) in [6, 6.07) is 4.29. The van der Waals surface area contributed by atoms with E-state index in [0.717, 1.165) is 84.1 Å². The van der Waals surface area contributed by atoms with Crippen molar-refractivity contribution in [2.75, 3.05) is 85.6 Å². The first-order valence-corrected chi connectivity index (χ1v) is 11.4. The molecule has 0 saturated carbocycles. The van der Waals surface area contributed by atoms with Crippen LogP contribution in [-0.2, 0) is 0 Å². The van der Waals surface area contributed by atoms with Gasteiger partial charge in [-0.25, -0.2) is 0 Å². The van der Waals surface area contributed by atoms with Crippen LogP contribution in [0, 0.1) is 22.7 Å².